The van der Waals surface area contributed by atoms with Gasteiger partial charge in [0.25, 0.3) is 0 Å². The van der Waals surface area contributed by atoms with Crippen LogP contribution in [0.4, 0.5) is 0 Å². The third-order valence-electron chi connectivity index (χ3n) is 3.62. The maximum absolute atomic E-state index is 11.9. The van der Waals surface area contributed by atoms with Crippen LogP contribution in [0.2, 0.25) is 0 Å². The second-order valence-corrected chi connectivity index (χ2v) is 6.24. The average molecular weight is 291 g/mol. The smallest absolute Gasteiger partial charge is 0.220 e. The van der Waals surface area contributed by atoms with Crippen molar-refractivity contribution in [2.75, 3.05) is 6.61 Å². The van der Waals surface area contributed by atoms with Crippen LogP contribution in [0.3, 0.4) is 0 Å². The SMILES string of the molecule is O=C(CC1CCCCC1)NCc1cc(C#CCO)cs1. The number of aliphatic hydroxyl groups excluding tert-OH is 1. The monoisotopic (exact) mass is 291 g/mol. The van der Waals surface area contributed by atoms with E-state index in [1.807, 2.05) is 11.4 Å². The Morgan fingerprint density at radius 1 is 1.40 bits per heavy atom. The highest BCUT2D eigenvalue weighted by Crippen LogP contribution is 2.26. The Kier molecular flexibility index (Phi) is 6.10. The van der Waals surface area contributed by atoms with Crippen LogP contribution < -0.4 is 5.32 Å². The molecule has 1 aliphatic carbocycles. The largest absolute Gasteiger partial charge is 0.384 e. The first kappa shape index (κ1) is 15.1. The van der Waals surface area contributed by atoms with Crippen molar-refractivity contribution in [3.8, 4) is 11.8 Å². The zero-order valence-electron chi connectivity index (χ0n) is 11.7. The maximum Gasteiger partial charge on any atom is 0.220 e. The molecule has 108 valence electrons. The summed E-state index contributed by atoms with van der Waals surface area (Å²) in [6, 6.07) is 1.97. The highest BCUT2D eigenvalue weighted by atomic mass is 32.1. The summed E-state index contributed by atoms with van der Waals surface area (Å²) in [7, 11) is 0. The van der Waals surface area contributed by atoms with Crippen LogP contribution in [-0.2, 0) is 11.3 Å². The number of hydrogen-bond acceptors (Lipinski definition) is 3. The molecule has 0 atom stereocenters. The second-order valence-electron chi connectivity index (χ2n) is 5.25. The van der Waals surface area contributed by atoms with E-state index >= 15 is 0 Å². The van der Waals surface area contributed by atoms with Gasteiger partial charge in [-0.3, -0.25) is 4.79 Å². The van der Waals surface area contributed by atoms with E-state index in [0.29, 0.717) is 18.9 Å². The number of carbonyl (C=O) groups is 1. The molecule has 2 N–H and O–H groups in total. The molecular weight excluding hydrogens is 270 g/mol. The molecule has 2 rings (SSSR count). The van der Waals surface area contributed by atoms with E-state index in [1.165, 1.54) is 32.1 Å². The Hall–Kier alpha value is -1.31. The third kappa shape index (κ3) is 4.99. The average Bonchev–Trinajstić information content (AvgIpc) is 2.92. The molecular formula is C16H21NO2S. The summed E-state index contributed by atoms with van der Waals surface area (Å²) in [4.78, 5) is 13.0. The van der Waals surface area contributed by atoms with Crippen LogP contribution in [0.15, 0.2) is 11.4 Å². The Morgan fingerprint density at radius 2 is 2.20 bits per heavy atom. The first-order chi connectivity index (χ1) is 9.78. The van der Waals surface area contributed by atoms with Crippen molar-refractivity contribution < 1.29 is 9.90 Å². The lowest BCUT2D eigenvalue weighted by atomic mass is 9.87. The van der Waals surface area contributed by atoms with Crippen molar-refractivity contribution in [1.82, 2.24) is 5.32 Å². The third-order valence-corrected chi connectivity index (χ3v) is 4.56. The lowest BCUT2D eigenvalue weighted by Crippen LogP contribution is -2.25. The van der Waals surface area contributed by atoms with E-state index in [-0.39, 0.29) is 12.5 Å². The molecule has 0 aliphatic heterocycles. The van der Waals surface area contributed by atoms with Gasteiger partial charge in [0.1, 0.15) is 6.61 Å². The van der Waals surface area contributed by atoms with E-state index in [0.717, 1.165) is 10.4 Å². The Labute approximate surface area is 124 Å². The molecule has 1 aliphatic rings. The summed E-state index contributed by atoms with van der Waals surface area (Å²) in [5.74, 6) is 6.23. The minimum Gasteiger partial charge on any atom is -0.384 e. The molecule has 0 aromatic carbocycles. The number of aliphatic hydroxyl groups is 1. The lowest BCUT2D eigenvalue weighted by molar-refractivity contribution is -0.122. The van der Waals surface area contributed by atoms with Gasteiger partial charge in [-0.2, -0.15) is 0 Å². The molecule has 1 fully saturated rings. The number of carbonyl (C=O) groups excluding carboxylic acids is 1. The number of nitrogens with one attached hydrogen (secondary N) is 1. The first-order valence-electron chi connectivity index (χ1n) is 7.22. The van der Waals surface area contributed by atoms with Crippen LogP contribution in [0.25, 0.3) is 0 Å². The predicted octanol–water partition coefficient (Wildman–Crippen LogP) is 2.68. The predicted molar refractivity (Wildman–Crippen MR) is 81.3 cm³/mol. The molecule has 1 saturated carbocycles. The molecule has 3 nitrogen and oxygen atoms in total. The normalized spacial score (nSPS) is 15.4. The van der Waals surface area contributed by atoms with Crippen LogP contribution in [0.1, 0.15) is 49.0 Å². The fourth-order valence-electron chi connectivity index (χ4n) is 2.59. The van der Waals surface area contributed by atoms with Crippen molar-refractivity contribution in [2.45, 2.75) is 45.1 Å². The van der Waals surface area contributed by atoms with Gasteiger partial charge in [0, 0.05) is 22.2 Å². The van der Waals surface area contributed by atoms with Crippen LogP contribution in [0, 0.1) is 17.8 Å². The second kappa shape index (κ2) is 8.08. The highest BCUT2D eigenvalue weighted by Gasteiger charge is 2.16. The number of rotatable bonds is 4. The highest BCUT2D eigenvalue weighted by molar-refractivity contribution is 7.10. The van der Waals surface area contributed by atoms with Gasteiger partial charge in [-0.15, -0.1) is 11.3 Å². The molecule has 0 saturated heterocycles. The molecule has 4 heteroatoms. The Morgan fingerprint density at radius 3 is 2.95 bits per heavy atom. The van der Waals surface area contributed by atoms with Crippen LogP contribution in [-0.4, -0.2) is 17.6 Å². The molecule has 20 heavy (non-hydrogen) atoms. The van der Waals surface area contributed by atoms with Crippen molar-refractivity contribution in [3.63, 3.8) is 0 Å². The molecule has 1 aromatic heterocycles. The fourth-order valence-corrected chi connectivity index (χ4v) is 3.35. The molecule has 0 radical (unpaired) electrons. The fraction of sp³-hybridized carbons (Fsp3) is 0.562. The van der Waals surface area contributed by atoms with Gasteiger partial charge in [-0.1, -0.05) is 31.1 Å². The van der Waals surface area contributed by atoms with Gasteiger partial charge in [-0.05, 0) is 24.8 Å². The topological polar surface area (TPSA) is 49.3 Å². The van der Waals surface area contributed by atoms with Crippen molar-refractivity contribution in [1.29, 1.82) is 0 Å². The number of amides is 1. The molecule has 1 aromatic rings. The summed E-state index contributed by atoms with van der Waals surface area (Å²) in [6.07, 6.45) is 6.94. The Balaban J connectivity index is 1.73. The molecule has 0 unspecified atom stereocenters. The quantitative estimate of drug-likeness (QED) is 0.838. The van der Waals surface area contributed by atoms with Gasteiger partial charge in [0.05, 0.1) is 6.54 Å². The van der Waals surface area contributed by atoms with Crippen molar-refractivity contribution in [3.05, 3.63) is 21.9 Å². The summed E-state index contributed by atoms with van der Waals surface area (Å²) < 4.78 is 0. The summed E-state index contributed by atoms with van der Waals surface area (Å²) >= 11 is 1.59. The summed E-state index contributed by atoms with van der Waals surface area (Å²) in [6.45, 7) is 0.459. The van der Waals surface area contributed by atoms with Crippen molar-refractivity contribution >= 4 is 17.2 Å². The first-order valence-corrected chi connectivity index (χ1v) is 8.09. The lowest BCUT2D eigenvalue weighted by Gasteiger charge is -2.20. The standard InChI is InChI=1S/C16H21NO2S/c18-8-4-7-14-9-15(20-12-14)11-17-16(19)10-13-5-2-1-3-6-13/h9,12-13,18H,1-3,5-6,8,10-11H2,(H,17,19). The van der Waals surface area contributed by atoms with E-state index < -0.39 is 0 Å². The van der Waals surface area contributed by atoms with Gasteiger partial charge in [0.15, 0.2) is 0 Å². The minimum atomic E-state index is -0.122. The van der Waals surface area contributed by atoms with Gasteiger partial charge in [0.2, 0.25) is 5.91 Å². The van der Waals surface area contributed by atoms with Gasteiger partial charge < -0.3 is 10.4 Å². The number of thiophene rings is 1. The molecule has 1 amide bonds. The summed E-state index contributed by atoms with van der Waals surface area (Å²) in [5, 5.41) is 13.6. The van der Waals surface area contributed by atoms with Crippen molar-refractivity contribution in [2.24, 2.45) is 5.92 Å². The van der Waals surface area contributed by atoms with Gasteiger partial charge >= 0.3 is 0 Å². The maximum atomic E-state index is 11.9. The van der Waals surface area contributed by atoms with Crippen LogP contribution in [0.5, 0.6) is 0 Å². The van der Waals surface area contributed by atoms with E-state index in [2.05, 4.69) is 17.2 Å². The zero-order valence-corrected chi connectivity index (χ0v) is 12.5. The molecule has 0 bridgehead atoms. The van der Waals surface area contributed by atoms with E-state index in [9.17, 15) is 4.79 Å². The molecule has 0 spiro atoms. The zero-order chi connectivity index (χ0) is 14.2. The van der Waals surface area contributed by atoms with Crippen LogP contribution >= 0.6 is 11.3 Å². The van der Waals surface area contributed by atoms with E-state index in [4.69, 9.17) is 5.11 Å². The Bertz CT molecular complexity index is 492. The summed E-state index contributed by atoms with van der Waals surface area (Å²) in [5.41, 5.74) is 0.903. The minimum absolute atomic E-state index is 0.122. The van der Waals surface area contributed by atoms with Gasteiger partial charge in [-0.25, -0.2) is 0 Å². The van der Waals surface area contributed by atoms with E-state index in [1.54, 1.807) is 11.3 Å². The molecule has 1 heterocycles. The number of hydrogen-bond donors (Lipinski definition) is 2.